The fraction of sp³-hybridized carbons (Fsp3) is 0.643. The molecular formula is C14H22N6. The largest absolute Gasteiger partial charge is 0.337 e. The third-order valence-electron chi connectivity index (χ3n) is 3.99. The fourth-order valence-corrected chi connectivity index (χ4v) is 3.01. The van der Waals surface area contributed by atoms with E-state index in [9.17, 15) is 0 Å². The monoisotopic (exact) mass is 274 g/mol. The standard InChI is InChI=1S/C14H22N6/c1-2-20-14(16-11-17-20)10-18-6-3-4-13(8-18)9-19-7-5-15-12-19/h5,7,11-13H,2-4,6,8-10H2,1H3. The second kappa shape index (κ2) is 6.17. The lowest BCUT2D eigenvalue weighted by atomic mass is 9.98. The first-order valence-corrected chi connectivity index (χ1v) is 7.40. The smallest absolute Gasteiger partial charge is 0.140 e. The summed E-state index contributed by atoms with van der Waals surface area (Å²) in [6.07, 6.45) is 10.0. The van der Waals surface area contributed by atoms with E-state index in [0.29, 0.717) is 5.92 Å². The van der Waals surface area contributed by atoms with E-state index in [1.54, 1.807) is 6.33 Å². The first kappa shape index (κ1) is 13.3. The summed E-state index contributed by atoms with van der Waals surface area (Å²) in [6.45, 7) is 7.27. The number of rotatable bonds is 5. The summed E-state index contributed by atoms with van der Waals surface area (Å²) < 4.78 is 4.17. The van der Waals surface area contributed by atoms with Crippen LogP contribution in [0.25, 0.3) is 0 Å². The van der Waals surface area contributed by atoms with Gasteiger partial charge in [-0.15, -0.1) is 0 Å². The minimum Gasteiger partial charge on any atom is -0.337 e. The van der Waals surface area contributed by atoms with Crippen LogP contribution >= 0.6 is 0 Å². The van der Waals surface area contributed by atoms with Gasteiger partial charge >= 0.3 is 0 Å². The molecule has 1 atom stereocenters. The number of imidazole rings is 1. The number of hydrogen-bond acceptors (Lipinski definition) is 4. The molecule has 6 heteroatoms. The molecule has 1 aliphatic rings. The molecular weight excluding hydrogens is 252 g/mol. The Morgan fingerprint density at radius 2 is 2.35 bits per heavy atom. The lowest BCUT2D eigenvalue weighted by Crippen LogP contribution is -2.37. The molecule has 0 aliphatic carbocycles. The predicted molar refractivity (Wildman–Crippen MR) is 75.9 cm³/mol. The Labute approximate surface area is 119 Å². The SMILES string of the molecule is CCn1ncnc1CN1CCCC(Cn2ccnc2)C1. The van der Waals surface area contributed by atoms with Crippen molar-refractivity contribution in [3.63, 3.8) is 0 Å². The van der Waals surface area contributed by atoms with Crippen LogP contribution in [0.4, 0.5) is 0 Å². The highest BCUT2D eigenvalue weighted by atomic mass is 15.3. The fourth-order valence-electron chi connectivity index (χ4n) is 3.01. The van der Waals surface area contributed by atoms with E-state index >= 15 is 0 Å². The Hall–Kier alpha value is -1.69. The summed E-state index contributed by atoms with van der Waals surface area (Å²) in [7, 11) is 0. The zero-order valence-corrected chi connectivity index (χ0v) is 12.0. The van der Waals surface area contributed by atoms with E-state index in [2.05, 4.69) is 31.5 Å². The highest BCUT2D eigenvalue weighted by Crippen LogP contribution is 2.19. The molecule has 0 aromatic carbocycles. The van der Waals surface area contributed by atoms with Gasteiger partial charge in [0, 0.05) is 32.0 Å². The van der Waals surface area contributed by atoms with Gasteiger partial charge in [-0.1, -0.05) is 0 Å². The van der Waals surface area contributed by atoms with Crippen LogP contribution in [0.3, 0.4) is 0 Å². The van der Waals surface area contributed by atoms with Gasteiger partial charge in [0.15, 0.2) is 0 Å². The molecule has 108 valence electrons. The van der Waals surface area contributed by atoms with Gasteiger partial charge in [-0.25, -0.2) is 14.6 Å². The van der Waals surface area contributed by atoms with Crippen LogP contribution in [0, 0.1) is 5.92 Å². The molecule has 0 spiro atoms. The molecule has 1 aliphatic heterocycles. The van der Waals surface area contributed by atoms with Gasteiger partial charge < -0.3 is 4.57 Å². The van der Waals surface area contributed by atoms with E-state index in [1.807, 2.05) is 23.4 Å². The molecule has 0 radical (unpaired) electrons. The number of aryl methyl sites for hydroxylation is 1. The van der Waals surface area contributed by atoms with E-state index in [-0.39, 0.29) is 0 Å². The molecule has 2 aromatic rings. The Morgan fingerprint density at radius 3 is 3.15 bits per heavy atom. The normalized spacial score (nSPS) is 20.4. The Morgan fingerprint density at radius 1 is 1.40 bits per heavy atom. The number of hydrogen-bond donors (Lipinski definition) is 0. The van der Waals surface area contributed by atoms with Crippen molar-refractivity contribution in [1.82, 2.24) is 29.2 Å². The summed E-state index contributed by atoms with van der Waals surface area (Å²) in [5.74, 6) is 1.78. The van der Waals surface area contributed by atoms with Gasteiger partial charge in [0.05, 0.1) is 12.9 Å². The number of aromatic nitrogens is 5. The van der Waals surface area contributed by atoms with Crippen molar-refractivity contribution in [3.05, 3.63) is 30.9 Å². The molecule has 0 saturated carbocycles. The van der Waals surface area contributed by atoms with Gasteiger partial charge in [-0.2, -0.15) is 5.10 Å². The lowest BCUT2D eigenvalue weighted by molar-refractivity contribution is 0.151. The van der Waals surface area contributed by atoms with Gasteiger partial charge in [0.1, 0.15) is 12.2 Å². The van der Waals surface area contributed by atoms with Crippen LogP contribution in [-0.2, 0) is 19.6 Å². The molecule has 6 nitrogen and oxygen atoms in total. The zero-order valence-electron chi connectivity index (χ0n) is 12.0. The molecule has 1 fully saturated rings. The molecule has 0 bridgehead atoms. The zero-order chi connectivity index (χ0) is 13.8. The molecule has 3 heterocycles. The van der Waals surface area contributed by atoms with Crippen LogP contribution in [0.2, 0.25) is 0 Å². The first-order valence-electron chi connectivity index (χ1n) is 7.40. The van der Waals surface area contributed by atoms with E-state index < -0.39 is 0 Å². The van der Waals surface area contributed by atoms with E-state index in [1.165, 1.54) is 12.8 Å². The minimum atomic E-state index is 0.705. The van der Waals surface area contributed by atoms with Gasteiger partial charge in [-0.05, 0) is 32.2 Å². The van der Waals surface area contributed by atoms with Crippen LogP contribution in [-0.4, -0.2) is 42.3 Å². The van der Waals surface area contributed by atoms with Crippen molar-refractivity contribution >= 4 is 0 Å². The molecule has 0 N–H and O–H groups in total. The predicted octanol–water partition coefficient (Wildman–Crippen LogP) is 1.41. The first-order chi connectivity index (χ1) is 9.85. The van der Waals surface area contributed by atoms with Gasteiger partial charge in [0.25, 0.3) is 0 Å². The topological polar surface area (TPSA) is 51.8 Å². The molecule has 1 unspecified atom stereocenters. The number of piperidine rings is 1. The summed E-state index contributed by atoms with van der Waals surface area (Å²) in [5.41, 5.74) is 0. The highest BCUT2D eigenvalue weighted by Gasteiger charge is 2.21. The molecule has 1 saturated heterocycles. The summed E-state index contributed by atoms with van der Waals surface area (Å²) in [6, 6.07) is 0. The average Bonchev–Trinajstić information content (AvgIpc) is 3.10. The van der Waals surface area contributed by atoms with Crippen molar-refractivity contribution in [2.24, 2.45) is 5.92 Å². The maximum atomic E-state index is 4.38. The molecule has 0 amide bonds. The van der Waals surface area contributed by atoms with Crippen LogP contribution in [0.15, 0.2) is 25.0 Å². The van der Waals surface area contributed by atoms with Crippen LogP contribution in [0.5, 0.6) is 0 Å². The molecule has 3 rings (SSSR count). The van der Waals surface area contributed by atoms with Crippen molar-refractivity contribution in [1.29, 1.82) is 0 Å². The third kappa shape index (κ3) is 3.07. The number of likely N-dealkylation sites (tertiary alicyclic amines) is 1. The lowest BCUT2D eigenvalue weighted by Gasteiger charge is -2.32. The average molecular weight is 274 g/mol. The third-order valence-corrected chi connectivity index (χ3v) is 3.99. The van der Waals surface area contributed by atoms with Crippen molar-refractivity contribution in [2.45, 2.75) is 39.4 Å². The highest BCUT2D eigenvalue weighted by molar-refractivity contribution is 4.87. The van der Waals surface area contributed by atoms with Crippen molar-refractivity contribution in [3.8, 4) is 0 Å². The van der Waals surface area contributed by atoms with Crippen molar-refractivity contribution in [2.75, 3.05) is 13.1 Å². The summed E-state index contributed by atoms with van der Waals surface area (Å²) >= 11 is 0. The second-order valence-corrected chi connectivity index (χ2v) is 5.49. The Kier molecular flexibility index (Phi) is 4.11. The van der Waals surface area contributed by atoms with Crippen LogP contribution < -0.4 is 0 Å². The molecule has 20 heavy (non-hydrogen) atoms. The van der Waals surface area contributed by atoms with E-state index in [4.69, 9.17) is 0 Å². The quantitative estimate of drug-likeness (QED) is 0.827. The van der Waals surface area contributed by atoms with E-state index in [0.717, 1.165) is 38.5 Å². The Bertz CT molecular complexity index is 518. The maximum Gasteiger partial charge on any atom is 0.140 e. The van der Waals surface area contributed by atoms with Gasteiger partial charge in [-0.3, -0.25) is 4.90 Å². The Balaban J connectivity index is 1.58. The van der Waals surface area contributed by atoms with Gasteiger partial charge in [0.2, 0.25) is 0 Å². The summed E-state index contributed by atoms with van der Waals surface area (Å²) in [4.78, 5) is 11.0. The summed E-state index contributed by atoms with van der Waals surface area (Å²) in [5, 5.41) is 4.25. The second-order valence-electron chi connectivity index (χ2n) is 5.49. The van der Waals surface area contributed by atoms with Crippen LogP contribution in [0.1, 0.15) is 25.6 Å². The maximum absolute atomic E-state index is 4.38. The molecule has 2 aromatic heterocycles. The van der Waals surface area contributed by atoms with Crippen molar-refractivity contribution < 1.29 is 0 Å². The number of nitrogens with zero attached hydrogens (tertiary/aromatic N) is 6. The minimum absolute atomic E-state index is 0.705.